The number of halogens is 1. The van der Waals surface area contributed by atoms with Crippen molar-refractivity contribution in [2.45, 2.75) is 26.4 Å². The van der Waals surface area contributed by atoms with Crippen LogP contribution in [0, 0.1) is 0 Å². The molecule has 0 aliphatic rings. The molecular weight excluding hydrogens is 330 g/mol. The lowest BCUT2D eigenvalue weighted by Gasteiger charge is -2.20. The van der Waals surface area contributed by atoms with E-state index in [-0.39, 0.29) is 11.9 Å². The zero-order chi connectivity index (χ0) is 15.6. The number of anilines is 1. The second kappa shape index (κ2) is 6.35. The molecule has 21 heavy (non-hydrogen) atoms. The molecular formula is C16H20BrN3O. The predicted octanol–water partition coefficient (Wildman–Crippen LogP) is 3.69. The van der Waals surface area contributed by atoms with Gasteiger partial charge in [-0.25, -0.2) is 0 Å². The van der Waals surface area contributed by atoms with Gasteiger partial charge in [-0.1, -0.05) is 28.1 Å². The first kappa shape index (κ1) is 15.6. The zero-order valence-corrected chi connectivity index (χ0v) is 14.1. The van der Waals surface area contributed by atoms with Gasteiger partial charge in [0, 0.05) is 30.3 Å². The number of carbonyl (C=O) groups is 1. The Bertz CT molecular complexity index is 631. The molecule has 1 aromatic carbocycles. The SMILES string of the molecule is CC(C)n1cc(N)cc1C(=O)N(C)Cc1ccc(Br)cc1. The summed E-state index contributed by atoms with van der Waals surface area (Å²) in [6, 6.07) is 9.89. The summed E-state index contributed by atoms with van der Waals surface area (Å²) in [6.07, 6.45) is 1.81. The van der Waals surface area contributed by atoms with Crippen molar-refractivity contribution in [1.82, 2.24) is 9.47 Å². The molecule has 0 unspecified atom stereocenters. The number of hydrogen-bond acceptors (Lipinski definition) is 2. The number of nitrogen functional groups attached to an aromatic ring is 1. The Kier molecular flexibility index (Phi) is 4.73. The molecule has 0 saturated heterocycles. The van der Waals surface area contributed by atoms with E-state index in [1.165, 1.54) is 0 Å². The van der Waals surface area contributed by atoms with Crippen molar-refractivity contribution in [3.8, 4) is 0 Å². The van der Waals surface area contributed by atoms with Crippen molar-refractivity contribution >= 4 is 27.5 Å². The maximum Gasteiger partial charge on any atom is 0.270 e. The van der Waals surface area contributed by atoms with Crippen LogP contribution in [0.3, 0.4) is 0 Å². The van der Waals surface area contributed by atoms with Crippen LogP contribution in [-0.4, -0.2) is 22.4 Å². The van der Waals surface area contributed by atoms with Gasteiger partial charge in [0.1, 0.15) is 5.69 Å². The summed E-state index contributed by atoms with van der Waals surface area (Å²) in [6.45, 7) is 4.63. The summed E-state index contributed by atoms with van der Waals surface area (Å²) in [5.74, 6) is -0.0247. The van der Waals surface area contributed by atoms with Crippen LogP contribution in [0.2, 0.25) is 0 Å². The van der Waals surface area contributed by atoms with Gasteiger partial charge in [0.2, 0.25) is 0 Å². The number of hydrogen-bond donors (Lipinski definition) is 1. The average Bonchev–Trinajstić information content (AvgIpc) is 2.82. The predicted molar refractivity (Wildman–Crippen MR) is 89.2 cm³/mol. The summed E-state index contributed by atoms with van der Waals surface area (Å²) in [5.41, 5.74) is 8.16. The number of amides is 1. The largest absolute Gasteiger partial charge is 0.397 e. The fraction of sp³-hybridized carbons (Fsp3) is 0.312. The average molecular weight is 350 g/mol. The Morgan fingerprint density at radius 2 is 1.95 bits per heavy atom. The monoisotopic (exact) mass is 349 g/mol. The molecule has 2 N–H and O–H groups in total. The minimum atomic E-state index is -0.0247. The Morgan fingerprint density at radius 1 is 1.33 bits per heavy atom. The van der Waals surface area contributed by atoms with Crippen LogP contribution in [-0.2, 0) is 6.54 Å². The van der Waals surface area contributed by atoms with E-state index in [9.17, 15) is 4.79 Å². The van der Waals surface area contributed by atoms with E-state index in [0.717, 1.165) is 10.0 Å². The fourth-order valence-electron chi connectivity index (χ4n) is 2.23. The maximum absolute atomic E-state index is 12.6. The normalized spacial score (nSPS) is 10.9. The number of rotatable bonds is 4. The second-order valence-electron chi connectivity index (χ2n) is 5.45. The van der Waals surface area contributed by atoms with Crippen molar-refractivity contribution in [1.29, 1.82) is 0 Å². The highest BCUT2D eigenvalue weighted by molar-refractivity contribution is 9.10. The first-order valence-electron chi connectivity index (χ1n) is 6.85. The van der Waals surface area contributed by atoms with Crippen LogP contribution >= 0.6 is 15.9 Å². The molecule has 0 spiro atoms. The number of carbonyl (C=O) groups excluding carboxylic acids is 1. The third-order valence-electron chi connectivity index (χ3n) is 3.32. The Balaban J connectivity index is 2.17. The summed E-state index contributed by atoms with van der Waals surface area (Å²) < 4.78 is 2.94. The van der Waals surface area contributed by atoms with E-state index in [0.29, 0.717) is 17.9 Å². The van der Waals surface area contributed by atoms with Gasteiger partial charge in [-0.3, -0.25) is 4.79 Å². The highest BCUT2D eigenvalue weighted by atomic mass is 79.9. The van der Waals surface area contributed by atoms with Crippen molar-refractivity contribution in [3.63, 3.8) is 0 Å². The first-order chi connectivity index (χ1) is 9.88. The van der Waals surface area contributed by atoms with Crippen LogP contribution in [0.1, 0.15) is 35.9 Å². The van der Waals surface area contributed by atoms with Crippen LogP contribution < -0.4 is 5.73 Å². The van der Waals surface area contributed by atoms with E-state index >= 15 is 0 Å². The molecule has 4 nitrogen and oxygen atoms in total. The van der Waals surface area contributed by atoms with Gasteiger partial charge in [0.05, 0.1) is 5.69 Å². The Labute approximate surface area is 133 Å². The Morgan fingerprint density at radius 3 is 2.52 bits per heavy atom. The lowest BCUT2D eigenvalue weighted by Crippen LogP contribution is -2.28. The lowest BCUT2D eigenvalue weighted by molar-refractivity contribution is 0.0772. The van der Waals surface area contributed by atoms with E-state index in [2.05, 4.69) is 15.9 Å². The molecule has 2 aromatic rings. The maximum atomic E-state index is 12.6. The molecule has 0 radical (unpaired) electrons. The van der Waals surface area contributed by atoms with Crippen molar-refractivity contribution in [2.24, 2.45) is 0 Å². The molecule has 1 amide bonds. The summed E-state index contributed by atoms with van der Waals surface area (Å²) in [4.78, 5) is 14.3. The molecule has 5 heteroatoms. The Hall–Kier alpha value is -1.75. The van der Waals surface area contributed by atoms with Gasteiger partial charge < -0.3 is 15.2 Å². The fourth-order valence-corrected chi connectivity index (χ4v) is 2.49. The van der Waals surface area contributed by atoms with Crippen molar-refractivity contribution < 1.29 is 4.79 Å². The third-order valence-corrected chi connectivity index (χ3v) is 3.85. The number of benzene rings is 1. The minimum absolute atomic E-state index is 0.0247. The van der Waals surface area contributed by atoms with E-state index in [1.807, 2.05) is 48.9 Å². The summed E-state index contributed by atoms with van der Waals surface area (Å²) in [5, 5.41) is 0. The highest BCUT2D eigenvalue weighted by Gasteiger charge is 2.18. The van der Waals surface area contributed by atoms with Crippen LogP contribution in [0.4, 0.5) is 5.69 Å². The van der Waals surface area contributed by atoms with Crippen LogP contribution in [0.25, 0.3) is 0 Å². The van der Waals surface area contributed by atoms with Crippen molar-refractivity contribution in [2.75, 3.05) is 12.8 Å². The number of aromatic nitrogens is 1. The van der Waals surface area contributed by atoms with E-state index in [1.54, 1.807) is 18.0 Å². The summed E-state index contributed by atoms with van der Waals surface area (Å²) >= 11 is 3.41. The highest BCUT2D eigenvalue weighted by Crippen LogP contribution is 2.19. The summed E-state index contributed by atoms with van der Waals surface area (Å²) in [7, 11) is 1.80. The third kappa shape index (κ3) is 3.67. The number of nitrogens with zero attached hydrogens (tertiary/aromatic N) is 2. The standard InChI is InChI=1S/C16H20BrN3O/c1-11(2)20-10-14(18)8-15(20)16(21)19(3)9-12-4-6-13(17)7-5-12/h4-8,10-11H,9,18H2,1-3H3. The molecule has 0 aliphatic heterocycles. The van der Waals surface area contributed by atoms with Crippen LogP contribution in [0.5, 0.6) is 0 Å². The van der Waals surface area contributed by atoms with Gasteiger partial charge in [-0.2, -0.15) is 0 Å². The minimum Gasteiger partial charge on any atom is -0.397 e. The molecule has 2 rings (SSSR count). The smallest absolute Gasteiger partial charge is 0.270 e. The molecule has 1 aromatic heterocycles. The van der Waals surface area contributed by atoms with Gasteiger partial charge in [-0.15, -0.1) is 0 Å². The first-order valence-corrected chi connectivity index (χ1v) is 7.65. The molecule has 0 saturated carbocycles. The molecule has 0 fully saturated rings. The van der Waals surface area contributed by atoms with Gasteiger partial charge in [0.15, 0.2) is 0 Å². The molecule has 0 aliphatic carbocycles. The van der Waals surface area contributed by atoms with E-state index < -0.39 is 0 Å². The topological polar surface area (TPSA) is 51.3 Å². The quantitative estimate of drug-likeness (QED) is 0.914. The molecule has 112 valence electrons. The van der Waals surface area contributed by atoms with Crippen molar-refractivity contribution in [3.05, 3.63) is 52.3 Å². The lowest BCUT2D eigenvalue weighted by atomic mass is 10.2. The molecule has 0 atom stereocenters. The molecule has 0 bridgehead atoms. The van der Waals surface area contributed by atoms with Gasteiger partial charge >= 0.3 is 0 Å². The van der Waals surface area contributed by atoms with Crippen LogP contribution in [0.15, 0.2) is 41.0 Å². The van der Waals surface area contributed by atoms with E-state index in [4.69, 9.17) is 5.73 Å². The van der Waals surface area contributed by atoms with Gasteiger partial charge in [0.25, 0.3) is 5.91 Å². The zero-order valence-electron chi connectivity index (χ0n) is 12.5. The van der Waals surface area contributed by atoms with Gasteiger partial charge in [-0.05, 0) is 37.6 Å². The molecule has 1 heterocycles. The number of nitrogens with two attached hydrogens (primary N) is 1. The second-order valence-corrected chi connectivity index (χ2v) is 6.36.